The zero-order valence-electron chi connectivity index (χ0n) is 10.6. The molecule has 1 heterocycles. The Balaban J connectivity index is 2.67. The minimum atomic E-state index is -0.297. The second-order valence-corrected chi connectivity index (χ2v) is 4.55. The SMILES string of the molecule is CNC(C)(C)CNC(=O)c1noc(CO)c1C. The third-order valence-corrected chi connectivity index (χ3v) is 2.75. The lowest BCUT2D eigenvalue weighted by Crippen LogP contribution is -2.47. The zero-order chi connectivity index (χ0) is 13.1. The highest BCUT2D eigenvalue weighted by molar-refractivity contribution is 5.93. The fourth-order valence-electron chi connectivity index (χ4n) is 1.20. The number of aliphatic hydroxyl groups excluding tert-OH is 1. The Kier molecular flexibility index (Phi) is 4.25. The van der Waals surface area contributed by atoms with E-state index >= 15 is 0 Å². The minimum Gasteiger partial charge on any atom is -0.388 e. The van der Waals surface area contributed by atoms with Crippen LogP contribution in [0, 0.1) is 6.92 Å². The van der Waals surface area contributed by atoms with Crippen molar-refractivity contribution in [3.63, 3.8) is 0 Å². The van der Waals surface area contributed by atoms with Gasteiger partial charge in [0.2, 0.25) is 0 Å². The molecule has 3 N–H and O–H groups in total. The van der Waals surface area contributed by atoms with Crippen LogP contribution in [0.1, 0.15) is 35.7 Å². The van der Waals surface area contributed by atoms with Crippen molar-refractivity contribution >= 4 is 5.91 Å². The molecule has 1 rings (SSSR count). The summed E-state index contributed by atoms with van der Waals surface area (Å²) in [7, 11) is 1.83. The average Bonchev–Trinajstić information content (AvgIpc) is 2.67. The van der Waals surface area contributed by atoms with E-state index in [1.807, 2.05) is 20.9 Å². The fraction of sp³-hybridized carbons (Fsp3) is 0.636. The molecule has 0 spiro atoms. The van der Waals surface area contributed by atoms with E-state index in [0.717, 1.165) is 0 Å². The van der Waals surface area contributed by atoms with Crippen molar-refractivity contribution in [2.24, 2.45) is 0 Å². The number of aliphatic hydroxyl groups is 1. The number of hydrogen-bond donors (Lipinski definition) is 3. The van der Waals surface area contributed by atoms with Gasteiger partial charge in [-0.05, 0) is 27.8 Å². The predicted molar refractivity (Wildman–Crippen MR) is 62.6 cm³/mol. The Morgan fingerprint density at radius 2 is 2.18 bits per heavy atom. The van der Waals surface area contributed by atoms with Crippen LogP contribution in [0.3, 0.4) is 0 Å². The molecule has 0 atom stereocenters. The fourth-order valence-corrected chi connectivity index (χ4v) is 1.20. The van der Waals surface area contributed by atoms with Crippen molar-refractivity contribution < 1.29 is 14.4 Å². The molecule has 1 aromatic rings. The van der Waals surface area contributed by atoms with Crippen LogP contribution in [0.2, 0.25) is 0 Å². The van der Waals surface area contributed by atoms with Crippen LogP contribution >= 0.6 is 0 Å². The number of amides is 1. The number of hydrogen-bond acceptors (Lipinski definition) is 5. The van der Waals surface area contributed by atoms with Crippen LogP contribution in [-0.4, -0.2) is 35.3 Å². The van der Waals surface area contributed by atoms with E-state index in [4.69, 9.17) is 9.63 Å². The van der Waals surface area contributed by atoms with Crippen LogP contribution < -0.4 is 10.6 Å². The molecule has 1 aromatic heterocycles. The van der Waals surface area contributed by atoms with Gasteiger partial charge in [-0.2, -0.15) is 0 Å². The molecule has 0 aromatic carbocycles. The lowest BCUT2D eigenvalue weighted by molar-refractivity contribution is 0.0933. The number of nitrogens with zero attached hydrogens (tertiary/aromatic N) is 1. The molecule has 6 heteroatoms. The number of likely N-dealkylation sites (N-methyl/N-ethyl adjacent to an activating group) is 1. The van der Waals surface area contributed by atoms with E-state index in [-0.39, 0.29) is 23.7 Å². The molecule has 17 heavy (non-hydrogen) atoms. The summed E-state index contributed by atoms with van der Waals surface area (Å²) >= 11 is 0. The van der Waals surface area contributed by atoms with E-state index in [2.05, 4.69) is 15.8 Å². The molecule has 0 saturated heterocycles. The lowest BCUT2D eigenvalue weighted by atomic mass is 10.1. The summed E-state index contributed by atoms with van der Waals surface area (Å²) in [4.78, 5) is 11.8. The monoisotopic (exact) mass is 241 g/mol. The van der Waals surface area contributed by atoms with Gasteiger partial charge in [0.1, 0.15) is 6.61 Å². The molecule has 0 unspecified atom stereocenters. The molecule has 0 aliphatic carbocycles. The number of carbonyl (C=O) groups excluding carboxylic acids is 1. The van der Waals surface area contributed by atoms with Gasteiger partial charge in [0.05, 0.1) is 0 Å². The molecule has 96 valence electrons. The van der Waals surface area contributed by atoms with Gasteiger partial charge in [-0.25, -0.2) is 0 Å². The van der Waals surface area contributed by atoms with Crippen molar-refractivity contribution in [3.05, 3.63) is 17.0 Å². The molecule has 1 amide bonds. The summed E-state index contributed by atoms with van der Waals surface area (Å²) < 4.78 is 4.85. The summed E-state index contributed by atoms with van der Waals surface area (Å²) in [6, 6.07) is 0. The van der Waals surface area contributed by atoms with Gasteiger partial charge in [-0.1, -0.05) is 5.16 Å². The van der Waals surface area contributed by atoms with Gasteiger partial charge in [-0.3, -0.25) is 4.79 Å². The van der Waals surface area contributed by atoms with Gasteiger partial charge in [0.15, 0.2) is 11.5 Å². The molecule has 0 bridgehead atoms. The van der Waals surface area contributed by atoms with Crippen LogP contribution in [0.5, 0.6) is 0 Å². The summed E-state index contributed by atoms with van der Waals surface area (Å²) in [5.41, 5.74) is 0.612. The smallest absolute Gasteiger partial charge is 0.273 e. The highest BCUT2D eigenvalue weighted by Gasteiger charge is 2.21. The molecule has 0 aliphatic rings. The minimum absolute atomic E-state index is 0.187. The maximum absolute atomic E-state index is 11.8. The first-order valence-corrected chi connectivity index (χ1v) is 5.44. The number of nitrogens with one attached hydrogen (secondary N) is 2. The van der Waals surface area contributed by atoms with Crippen molar-refractivity contribution in [2.75, 3.05) is 13.6 Å². The molecule has 0 saturated carbocycles. The van der Waals surface area contributed by atoms with Gasteiger partial charge < -0.3 is 20.3 Å². The molecule has 0 aliphatic heterocycles. The Morgan fingerprint density at radius 3 is 2.65 bits per heavy atom. The van der Waals surface area contributed by atoms with E-state index in [9.17, 15) is 4.79 Å². The van der Waals surface area contributed by atoms with E-state index in [1.54, 1.807) is 6.92 Å². The van der Waals surface area contributed by atoms with Crippen LogP contribution in [0.4, 0.5) is 0 Å². The van der Waals surface area contributed by atoms with Crippen LogP contribution in [0.15, 0.2) is 4.52 Å². The van der Waals surface area contributed by atoms with Gasteiger partial charge in [0, 0.05) is 17.6 Å². The Morgan fingerprint density at radius 1 is 1.53 bits per heavy atom. The first-order chi connectivity index (χ1) is 7.91. The van der Waals surface area contributed by atoms with E-state index in [0.29, 0.717) is 17.9 Å². The van der Waals surface area contributed by atoms with Crippen molar-refractivity contribution in [3.8, 4) is 0 Å². The first-order valence-electron chi connectivity index (χ1n) is 5.44. The molecule has 0 fully saturated rings. The van der Waals surface area contributed by atoms with Crippen LogP contribution in [0.25, 0.3) is 0 Å². The van der Waals surface area contributed by atoms with E-state index in [1.165, 1.54) is 0 Å². The second kappa shape index (κ2) is 5.29. The zero-order valence-corrected chi connectivity index (χ0v) is 10.6. The van der Waals surface area contributed by atoms with Crippen molar-refractivity contribution in [1.82, 2.24) is 15.8 Å². The third kappa shape index (κ3) is 3.28. The highest BCUT2D eigenvalue weighted by Crippen LogP contribution is 2.12. The molecular formula is C11H19N3O3. The third-order valence-electron chi connectivity index (χ3n) is 2.75. The number of carbonyl (C=O) groups is 1. The number of aromatic nitrogens is 1. The highest BCUT2D eigenvalue weighted by atomic mass is 16.5. The summed E-state index contributed by atoms with van der Waals surface area (Å²) in [6.45, 7) is 5.86. The average molecular weight is 241 g/mol. The Labute approximate surface area is 100 Å². The normalized spacial score (nSPS) is 11.6. The van der Waals surface area contributed by atoms with Crippen LogP contribution in [-0.2, 0) is 6.61 Å². The summed E-state index contributed by atoms with van der Waals surface area (Å²) in [5.74, 6) is 0.0253. The van der Waals surface area contributed by atoms with Gasteiger partial charge in [0.25, 0.3) is 5.91 Å². The van der Waals surface area contributed by atoms with Gasteiger partial charge in [-0.15, -0.1) is 0 Å². The van der Waals surface area contributed by atoms with Gasteiger partial charge >= 0.3 is 0 Å². The summed E-state index contributed by atoms with van der Waals surface area (Å²) in [5, 5.41) is 18.4. The molecule has 0 radical (unpaired) electrons. The standard InChI is InChI=1S/C11H19N3O3/c1-7-8(5-15)17-14-9(7)10(16)13-6-11(2,3)12-4/h12,15H,5-6H2,1-4H3,(H,13,16). The predicted octanol–water partition coefficient (Wildman–Crippen LogP) is 0.203. The van der Waals surface area contributed by atoms with Crippen molar-refractivity contribution in [2.45, 2.75) is 32.9 Å². The first kappa shape index (κ1) is 13.7. The Bertz CT molecular complexity index is 399. The summed E-state index contributed by atoms with van der Waals surface area (Å²) in [6.07, 6.45) is 0. The maximum atomic E-state index is 11.8. The molecule has 6 nitrogen and oxygen atoms in total. The largest absolute Gasteiger partial charge is 0.388 e. The topological polar surface area (TPSA) is 87.4 Å². The Hall–Kier alpha value is -1.40. The number of rotatable bonds is 5. The quantitative estimate of drug-likeness (QED) is 0.685. The van der Waals surface area contributed by atoms with E-state index < -0.39 is 0 Å². The van der Waals surface area contributed by atoms with Crippen molar-refractivity contribution in [1.29, 1.82) is 0 Å². The second-order valence-electron chi connectivity index (χ2n) is 4.55. The molecular weight excluding hydrogens is 222 g/mol. The maximum Gasteiger partial charge on any atom is 0.273 e. The lowest BCUT2D eigenvalue weighted by Gasteiger charge is -2.23.